The Labute approximate surface area is 180 Å². The van der Waals surface area contributed by atoms with Crippen LogP contribution in [0.4, 0.5) is 14.5 Å². The third-order valence-corrected chi connectivity index (χ3v) is 4.62. The molecule has 0 aliphatic rings. The van der Waals surface area contributed by atoms with Crippen molar-refractivity contribution in [2.45, 2.75) is 6.54 Å². The van der Waals surface area contributed by atoms with Gasteiger partial charge in [0.2, 0.25) is 5.69 Å². The van der Waals surface area contributed by atoms with E-state index in [9.17, 15) is 23.2 Å². The normalized spacial score (nSPS) is 10.7. The van der Waals surface area contributed by atoms with Crippen molar-refractivity contribution in [3.05, 3.63) is 123 Å². The highest BCUT2D eigenvalue weighted by Gasteiger charge is 2.22. The summed E-state index contributed by atoms with van der Waals surface area (Å²) in [7, 11) is 0. The number of hydrogen-bond donors (Lipinski definition) is 1. The lowest BCUT2D eigenvalue weighted by molar-refractivity contribution is 0.101. The molecule has 9 heteroatoms. The second kappa shape index (κ2) is 8.76. The van der Waals surface area contributed by atoms with Crippen LogP contribution < -0.4 is 16.6 Å². The number of hydrogen-bond acceptors (Lipinski definition) is 4. The van der Waals surface area contributed by atoms with Crippen molar-refractivity contribution in [3.63, 3.8) is 0 Å². The van der Waals surface area contributed by atoms with Gasteiger partial charge in [0.05, 0.1) is 6.54 Å². The van der Waals surface area contributed by atoms with Crippen molar-refractivity contribution in [3.8, 4) is 5.69 Å². The number of para-hydroxylation sites is 1. The topological polar surface area (TPSA) is 86.0 Å². The quantitative estimate of drug-likeness (QED) is 0.523. The minimum atomic E-state index is -0.965. The largest absolute Gasteiger partial charge is 0.352 e. The van der Waals surface area contributed by atoms with Crippen molar-refractivity contribution < 1.29 is 13.6 Å². The highest BCUT2D eigenvalue weighted by atomic mass is 19.1. The molecule has 0 radical (unpaired) electrons. The summed E-state index contributed by atoms with van der Waals surface area (Å²) < 4.78 is 29.3. The van der Waals surface area contributed by atoms with Gasteiger partial charge < -0.3 is 5.32 Å². The van der Waals surface area contributed by atoms with Crippen LogP contribution in [0, 0.1) is 11.6 Å². The Morgan fingerprint density at radius 3 is 2.34 bits per heavy atom. The second-order valence-electron chi connectivity index (χ2n) is 6.84. The van der Waals surface area contributed by atoms with E-state index >= 15 is 0 Å². The van der Waals surface area contributed by atoms with Gasteiger partial charge >= 0.3 is 5.69 Å². The maximum Gasteiger partial charge on any atom is 0.352 e. The molecule has 0 aliphatic heterocycles. The molecule has 32 heavy (non-hydrogen) atoms. The van der Waals surface area contributed by atoms with Crippen molar-refractivity contribution in [2.75, 3.05) is 5.32 Å². The van der Waals surface area contributed by atoms with Crippen LogP contribution in [-0.4, -0.2) is 20.3 Å². The molecule has 160 valence electrons. The van der Waals surface area contributed by atoms with E-state index in [0.29, 0.717) is 10.2 Å². The molecular weight excluding hydrogens is 418 g/mol. The van der Waals surface area contributed by atoms with Gasteiger partial charge in [-0.05, 0) is 35.9 Å². The summed E-state index contributed by atoms with van der Waals surface area (Å²) in [4.78, 5) is 38.9. The Morgan fingerprint density at radius 1 is 0.906 bits per heavy atom. The number of benzene rings is 3. The van der Waals surface area contributed by atoms with Gasteiger partial charge in [0.15, 0.2) is 0 Å². The number of aromatic nitrogens is 3. The van der Waals surface area contributed by atoms with Crippen LogP contribution >= 0.6 is 0 Å². The number of carbonyl (C=O) groups excluding carboxylic acids is 1. The smallest absolute Gasteiger partial charge is 0.320 e. The van der Waals surface area contributed by atoms with Gasteiger partial charge in [0.25, 0.3) is 11.5 Å². The number of rotatable bonds is 5. The number of anilines is 1. The summed E-state index contributed by atoms with van der Waals surface area (Å²) in [6.45, 7) is -0.157. The molecule has 0 atom stereocenters. The maximum absolute atomic E-state index is 14.4. The standard InChI is InChI=1S/C23H16F2N4O3/c24-16-9-6-10-17(13-16)26-21(30)20-22(31)28(14-15-7-2-1-3-8-15)23(32)29(27-20)19-12-5-4-11-18(19)25/h1-13H,14H2,(H,26,30). The van der Waals surface area contributed by atoms with Gasteiger partial charge in [-0.2, -0.15) is 9.78 Å². The fourth-order valence-electron chi connectivity index (χ4n) is 3.10. The number of nitrogens with zero attached hydrogens (tertiary/aromatic N) is 3. The zero-order chi connectivity index (χ0) is 22.7. The number of nitrogens with one attached hydrogen (secondary N) is 1. The average Bonchev–Trinajstić information content (AvgIpc) is 2.78. The first kappa shape index (κ1) is 20.9. The molecule has 4 rings (SSSR count). The van der Waals surface area contributed by atoms with Crippen LogP contribution in [0.1, 0.15) is 16.1 Å². The predicted octanol–water partition coefficient (Wildman–Crippen LogP) is 2.97. The predicted molar refractivity (Wildman–Crippen MR) is 114 cm³/mol. The van der Waals surface area contributed by atoms with E-state index in [0.717, 1.165) is 16.7 Å². The van der Waals surface area contributed by atoms with Gasteiger partial charge in [-0.15, -0.1) is 0 Å². The monoisotopic (exact) mass is 434 g/mol. The van der Waals surface area contributed by atoms with Crippen LogP contribution in [0.5, 0.6) is 0 Å². The lowest BCUT2D eigenvalue weighted by atomic mass is 10.2. The SMILES string of the molecule is O=C(Nc1cccc(F)c1)c1nn(-c2ccccc2F)c(=O)n(Cc2ccccc2)c1=O. The van der Waals surface area contributed by atoms with E-state index in [4.69, 9.17) is 0 Å². The van der Waals surface area contributed by atoms with E-state index in [2.05, 4.69) is 10.4 Å². The summed E-state index contributed by atoms with van der Waals surface area (Å²) in [5.74, 6) is -2.32. The lowest BCUT2D eigenvalue weighted by Gasteiger charge is -2.13. The van der Waals surface area contributed by atoms with Crippen molar-refractivity contribution >= 4 is 11.6 Å². The van der Waals surface area contributed by atoms with E-state index in [1.807, 2.05) is 0 Å². The molecule has 0 unspecified atom stereocenters. The molecule has 4 aromatic rings. The van der Waals surface area contributed by atoms with E-state index < -0.39 is 34.5 Å². The number of carbonyl (C=O) groups is 1. The minimum Gasteiger partial charge on any atom is -0.320 e. The summed E-state index contributed by atoms with van der Waals surface area (Å²) in [6.07, 6.45) is 0. The molecule has 0 aliphatic carbocycles. The van der Waals surface area contributed by atoms with Gasteiger partial charge in [0, 0.05) is 5.69 Å². The van der Waals surface area contributed by atoms with Crippen LogP contribution in [0.25, 0.3) is 5.69 Å². The van der Waals surface area contributed by atoms with Crippen molar-refractivity contribution in [1.82, 2.24) is 14.3 Å². The third kappa shape index (κ3) is 4.22. The first-order chi connectivity index (χ1) is 15.4. The fourth-order valence-corrected chi connectivity index (χ4v) is 3.10. The van der Waals surface area contributed by atoms with E-state index in [-0.39, 0.29) is 17.9 Å². The Kier molecular flexibility index (Phi) is 5.71. The second-order valence-corrected chi connectivity index (χ2v) is 6.84. The Hall–Kier alpha value is -4.40. The zero-order valence-electron chi connectivity index (χ0n) is 16.5. The molecule has 1 N–H and O–H groups in total. The molecule has 1 heterocycles. The highest BCUT2D eigenvalue weighted by molar-refractivity contribution is 6.02. The van der Waals surface area contributed by atoms with Crippen LogP contribution in [-0.2, 0) is 6.54 Å². The summed E-state index contributed by atoms with van der Waals surface area (Å²) in [5.41, 5.74) is -2.03. The summed E-state index contributed by atoms with van der Waals surface area (Å²) in [5, 5.41) is 6.23. The number of amides is 1. The van der Waals surface area contributed by atoms with Crippen molar-refractivity contribution in [1.29, 1.82) is 0 Å². The van der Waals surface area contributed by atoms with Crippen LogP contribution in [0.3, 0.4) is 0 Å². The van der Waals surface area contributed by atoms with Gasteiger partial charge in [-0.25, -0.2) is 13.6 Å². The van der Waals surface area contributed by atoms with Crippen molar-refractivity contribution in [2.24, 2.45) is 0 Å². The summed E-state index contributed by atoms with van der Waals surface area (Å²) >= 11 is 0. The zero-order valence-corrected chi connectivity index (χ0v) is 16.5. The molecule has 7 nitrogen and oxygen atoms in total. The third-order valence-electron chi connectivity index (χ3n) is 4.62. The molecule has 1 amide bonds. The lowest BCUT2D eigenvalue weighted by Crippen LogP contribution is -2.45. The molecular formula is C23H16F2N4O3. The Balaban J connectivity index is 1.87. The first-order valence-corrected chi connectivity index (χ1v) is 9.54. The maximum atomic E-state index is 14.4. The molecule has 0 bridgehead atoms. The van der Waals surface area contributed by atoms with Gasteiger partial charge in [-0.3, -0.25) is 14.2 Å². The molecule has 1 aromatic heterocycles. The van der Waals surface area contributed by atoms with Crippen LogP contribution in [0.2, 0.25) is 0 Å². The molecule has 3 aromatic carbocycles. The van der Waals surface area contributed by atoms with Gasteiger partial charge in [0.1, 0.15) is 17.3 Å². The Bertz CT molecular complexity index is 1410. The van der Waals surface area contributed by atoms with Gasteiger partial charge in [-0.1, -0.05) is 48.5 Å². The van der Waals surface area contributed by atoms with E-state index in [1.165, 1.54) is 36.4 Å². The molecule has 0 fully saturated rings. The average molecular weight is 434 g/mol. The summed E-state index contributed by atoms with van der Waals surface area (Å²) in [6, 6.07) is 19.1. The molecule has 0 spiro atoms. The van der Waals surface area contributed by atoms with E-state index in [1.54, 1.807) is 30.3 Å². The minimum absolute atomic E-state index is 0.0921. The molecule has 0 saturated carbocycles. The highest BCUT2D eigenvalue weighted by Crippen LogP contribution is 2.12. The number of halogens is 2. The van der Waals surface area contributed by atoms with Crippen LogP contribution in [0.15, 0.2) is 88.5 Å². The fraction of sp³-hybridized carbons (Fsp3) is 0.0435. The first-order valence-electron chi connectivity index (χ1n) is 9.54. The molecule has 0 saturated heterocycles. The Morgan fingerprint density at radius 2 is 1.62 bits per heavy atom.